The molecule has 7 nitrogen and oxygen atoms in total. The molecular weight excluding hydrogens is 312 g/mol. The molecule has 7 heteroatoms. The maximum atomic E-state index is 12.4. The lowest BCUT2D eigenvalue weighted by atomic mass is 9.85. The van der Waals surface area contributed by atoms with Crippen LogP contribution in [0.5, 0.6) is 5.75 Å². The number of aryl methyl sites for hydroxylation is 1. The van der Waals surface area contributed by atoms with Gasteiger partial charge in [-0.3, -0.25) is 19.8 Å². The number of amides is 3. The molecule has 0 spiro atoms. The number of benzene rings is 1. The van der Waals surface area contributed by atoms with E-state index in [4.69, 9.17) is 9.47 Å². The van der Waals surface area contributed by atoms with Crippen molar-refractivity contribution in [1.29, 1.82) is 0 Å². The van der Waals surface area contributed by atoms with Gasteiger partial charge in [-0.05, 0) is 18.6 Å². The number of para-hydroxylation sites is 1. The van der Waals surface area contributed by atoms with E-state index in [1.807, 2.05) is 19.1 Å². The Bertz CT molecular complexity index is 729. The summed E-state index contributed by atoms with van der Waals surface area (Å²) in [6, 6.07) is 7.29. The van der Waals surface area contributed by atoms with Crippen molar-refractivity contribution in [3.05, 3.63) is 42.0 Å². The molecular formula is C17H16N2O5. The number of fused-ring (bicyclic) bond motifs is 5. The van der Waals surface area contributed by atoms with Gasteiger partial charge in [0.25, 0.3) is 17.7 Å². The molecule has 0 aliphatic carbocycles. The number of rotatable bonds is 4. The second-order valence-electron chi connectivity index (χ2n) is 6.10. The van der Waals surface area contributed by atoms with Crippen molar-refractivity contribution >= 4 is 17.7 Å². The SMILES string of the molecule is Cc1ccccc1OCC(=O)NN1C(=O)[C@@H]2[C@@H](C1=O)[C@H]1C=C[C@@H]2O1. The van der Waals surface area contributed by atoms with Crippen LogP contribution in [0.25, 0.3) is 0 Å². The summed E-state index contributed by atoms with van der Waals surface area (Å²) in [5.74, 6) is -1.90. The zero-order chi connectivity index (χ0) is 16.8. The molecule has 0 radical (unpaired) electrons. The van der Waals surface area contributed by atoms with Crippen molar-refractivity contribution in [3.8, 4) is 5.75 Å². The number of hydrazine groups is 1. The van der Waals surface area contributed by atoms with Gasteiger partial charge >= 0.3 is 0 Å². The van der Waals surface area contributed by atoms with Gasteiger partial charge in [0.2, 0.25) is 0 Å². The quantitative estimate of drug-likeness (QED) is 0.636. The van der Waals surface area contributed by atoms with Crippen molar-refractivity contribution in [1.82, 2.24) is 10.4 Å². The maximum Gasteiger partial charge on any atom is 0.276 e. The molecule has 3 amide bonds. The first-order chi connectivity index (χ1) is 11.6. The Balaban J connectivity index is 1.39. The minimum absolute atomic E-state index is 0.279. The third-order valence-electron chi connectivity index (χ3n) is 4.60. The summed E-state index contributed by atoms with van der Waals surface area (Å²) >= 11 is 0. The highest BCUT2D eigenvalue weighted by Gasteiger charge is 2.61. The Morgan fingerprint density at radius 2 is 1.79 bits per heavy atom. The van der Waals surface area contributed by atoms with Crippen molar-refractivity contribution in [2.75, 3.05) is 6.61 Å². The Hall–Kier alpha value is -2.67. The van der Waals surface area contributed by atoms with E-state index in [1.165, 1.54) is 0 Å². The Morgan fingerprint density at radius 3 is 2.42 bits per heavy atom. The third kappa shape index (κ3) is 2.20. The summed E-state index contributed by atoms with van der Waals surface area (Å²) < 4.78 is 11.0. The van der Waals surface area contributed by atoms with Crippen LogP contribution in [0.4, 0.5) is 0 Å². The third-order valence-corrected chi connectivity index (χ3v) is 4.60. The molecule has 0 aromatic heterocycles. The average molecular weight is 328 g/mol. The number of nitrogens with zero attached hydrogens (tertiary/aromatic N) is 1. The minimum Gasteiger partial charge on any atom is -0.483 e. The van der Waals surface area contributed by atoms with Gasteiger partial charge < -0.3 is 9.47 Å². The normalized spacial score (nSPS) is 30.0. The standard InChI is InChI=1S/C17H16N2O5/c1-9-4-2-3-5-10(9)23-8-13(20)18-19-16(21)14-11-6-7-12(24-11)15(14)17(19)22/h2-7,11-12,14-15H,8H2,1H3,(H,18,20)/t11-,12+,14-,15-/m0/s1. The first-order valence-corrected chi connectivity index (χ1v) is 7.76. The largest absolute Gasteiger partial charge is 0.483 e. The average Bonchev–Trinajstić information content (AvgIpc) is 3.24. The molecule has 1 N–H and O–H groups in total. The summed E-state index contributed by atoms with van der Waals surface area (Å²) in [7, 11) is 0. The number of carbonyl (C=O) groups is 3. The van der Waals surface area contributed by atoms with E-state index in [0.717, 1.165) is 10.6 Å². The van der Waals surface area contributed by atoms with Crippen LogP contribution in [0, 0.1) is 18.8 Å². The lowest BCUT2D eigenvalue weighted by Crippen LogP contribution is -2.49. The van der Waals surface area contributed by atoms with E-state index >= 15 is 0 Å². The van der Waals surface area contributed by atoms with Gasteiger partial charge in [-0.25, -0.2) is 0 Å². The van der Waals surface area contributed by atoms with Crippen LogP contribution < -0.4 is 10.2 Å². The van der Waals surface area contributed by atoms with Crippen LogP contribution in [0.15, 0.2) is 36.4 Å². The predicted molar refractivity (Wildman–Crippen MR) is 81.5 cm³/mol. The lowest BCUT2D eigenvalue weighted by molar-refractivity contribution is -0.151. The monoisotopic (exact) mass is 328 g/mol. The van der Waals surface area contributed by atoms with Crippen molar-refractivity contribution in [3.63, 3.8) is 0 Å². The highest BCUT2D eigenvalue weighted by atomic mass is 16.5. The molecule has 0 unspecified atom stereocenters. The van der Waals surface area contributed by atoms with Gasteiger partial charge in [-0.1, -0.05) is 30.4 Å². The van der Waals surface area contributed by atoms with Crippen molar-refractivity contribution in [2.45, 2.75) is 19.1 Å². The summed E-state index contributed by atoms with van der Waals surface area (Å²) in [6.45, 7) is 1.59. The summed E-state index contributed by atoms with van der Waals surface area (Å²) in [4.78, 5) is 36.8. The fourth-order valence-electron chi connectivity index (χ4n) is 3.43. The van der Waals surface area contributed by atoms with E-state index in [2.05, 4.69) is 5.43 Å². The number of ether oxygens (including phenoxy) is 2. The fraction of sp³-hybridized carbons (Fsp3) is 0.353. The highest BCUT2D eigenvalue weighted by Crippen LogP contribution is 2.44. The molecule has 3 aliphatic rings. The molecule has 24 heavy (non-hydrogen) atoms. The summed E-state index contributed by atoms with van der Waals surface area (Å²) in [5.41, 5.74) is 3.25. The van der Waals surface area contributed by atoms with Crippen LogP contribution in [-0.2, 0) is 19.1 Å². The van der Waals surface area contributed by atoms with Crippen LogP contribution in [0.3, 0.4) is 0 Å². The molecule has 3 heterocycles. The fourth-order valence-corrected chi connectivity index (χ4v) is 3.43. The van der Waals surface area contributed by atoms with Crippen LogP contribution in [0.1, 0.15) is 5.56 Å². The van der Waals surface area contributed by atoms with Gasteiger partial charge in [0.05, 0.1) is 24.0 Å². The molecule has 1 aromatic rings. The van der Waals surface area contributed by atoms with E-state index in [-0.39, 0.29) is 18.8 Å². The molecule has 2 fully saturated rings. The van der Waals surface area contributed by atoms with Gasteiger partial charge in [0, 0.05) is 0 Å². The lowest BCUT2D eigenvalue weighted by Gasteiger charge is -2.18. The molecule has 2 saturated heterocycles. The zero-order valence-corrected chi connectivity index (χ0v) is 13.0. The Kier molecular flexibility index (Phi) is 3.38. The van der Waals surface area contributed by atoms with Crippen molar-refractivity contribution in [2.24, 2.45) is 11.8 Å². The molecule has 4 rings (SSSR count). The van der Waals surface area contributed by atoms with Gasteiger partial charge in [-0.2, -0.15) is 5.01 Å². The van der Waals surface area contributed by atoms with E-state index in [1.54, 1.807) is 24.3 Å². The minimum atomic E-state index is -0.554. The molecule has 1 aromatic carbocycles. The molecule has 124 valence electrons. The number of nitrogens with one attached hydrogen (secondary N) is 1. The van der Waals surface area contributed by atoms with E-state index in [0.29, 0.717) is 5.75 Å². The van der Waals surface area contributed by atoms with Gasteiger partial charge in [0.15, 0.2) is 6.61 Å². The molecule has 3 aliphatic heterocycles. The maximum absolute atomic E-state index is 12.4. The Morgan fingerprint density at radius 1 is 1.17 bits per heavy atom. The van der Waals surface area contributed by atoms with Crippen molar-refractivity contribution < 1.29 is 23.9 Å². The number of hydrogen-bond acceptors (Lipinski definition) is 5. The predicted octanol–water partition coefficient (Wildman–Crippen LogP) is 0.343. The number of imide groups is 1. The summed E-state index contributed by atoms with van der Waals surface area (Å²) in [5, 5.41) is 0.814. The van der Waals surface area contributed by atoms with Crippen LogP contribution in [0.2, 0.25) is 0 Å². The van der Waals surface area contributed by atoms with Crippen LogP contribution >= 0.6 is 0 Å². The Labute approximate surface area is 138 Å². The smallest absolute Gasteiger partial charge is 0.276 e. The molecule has 2 bridgehead atoms. The van der Waals surface area contributed by atoms with Gasteiger partial charge in [0.1, 0.15) is 5.75 Å². The first-order valence-electron chi connectivity index (χ1n) is 7.76. The first kappa shape index (κ1) is 14.9. The zero-order valence-electron chi connectivity index (χ0n) is 13.0. The highest BCUT2D eigenvalue weighted by molar-refractivity contribution is 6.07. The molecule has 4 atom stereocenters. The van der Waals surface area contributed by atoms with E-state index < -0.39 is 29.6 Å². The van der Waals surface area contributed by atoms with Gasteiger partial charge in [-0.15, -0.1) is 0 Å². The number of carbonyl (C=O) groups excluding carboxylic acids is 3. The molecule has 0 saturated carbocycles. The second kappa shape index (κ2) is 5.45. The summed E-state index contributed by atoms with van der Waals surface area (Å²) in [6.07, 6.45) is 2.84. The van der Waals surface area contributed by atoms with Crippen LogP contribution in [-0.4, -0.2) is 41.5 Å². The second-order valence-corrected chi connectivity index (χ2v) is 6.10. The topological polar surface area (TPSA) is 84.9 Å². The number of hydrogen-bond donors (Lipinski definition) is 1. The van der Waals surface area contributed by atoms with E-state index in [9.17, 15) is 14.4 Å².